The van der Waals surface area contributed by atoms with Crippen LogP contribution in [0.4, 0.5) is 5.69 Å². The molecule has 3 aromatic carbocycles. The molecule has 0 saturated heterocycles. The van der Waals surface area contributed by atoms with E-state index in [9.17, 15) is 4.79 Å². The molecule has 1 aromatic heterocycles. The second-order valence-corrected chi connectivity index (χ2v) is 8.81. The van der Waals surface area contributed by atoms with Crippen molar-refractivity contribution in [1.82, 2.24) is 25.6 Å². The van der Waals surface area contributed by atoms with Gasteiger partial charge < -0.3 is 25.4 Å². The second-order valence-electron chi connectivity index (χ2n) is 7.56. The van der Waals surface area contributed by atoms with Crippen molar-refractivity contribution in [1.29, 1.82) is 0 Å². The zero-order valence-electron chi connectivity index (χ0n) is 19.6. The van der Waals surface area contributed by atoms with E-state index in [0.29, 0.717) is 45.4 Å². The number of methoxy groups -OCH3 is 1. The zero-order chi connectivity index (χ0) is 26.2. The van der Waals surface area contributed by atoms with E-state index in [0.717, 1.165) is 11.4 Å². The Morgan fingerprint density at radius 3 is 2.51 bits per heavy atom. The van der Waals surface area contributed by atoms with Crippen molar-refractivity contribution in [3.8, 4) is 22.9 Å². The highest BCUT2D eigenvalue weighted by atomic mass is 35.5. The smallest absolute Gasteiger partial charge is 0.273 e. The molecular weight excluding hydrogens is 535 g/mol. The van der Waals surface area contributed by atoms with Gasteiger partial charge in [0.2, 0.25) is 0 Å². The van der Waals surface area contributed by atoms with Crippen molar-refractivity contribution < 1.29 is 14.3 Å². The molecule has 0 atom stereocenters. The topological polar surface area (TPSA) is 102 Å². The summed E-state index contributed by atoms with van der Waals surface area (Å²) in [7, 11) is 1.61. The maximum Gasteiger partial charge on any atom is 0.273 e. The minimum Gasteiger partial charge on any atom is -0.497 e. The highest BCUT2D eigenvalue weighted by Crippen LogP contribution is 2.34. The number of amides is 1. The summed E-state index contributed by atoms with van der Waals surface area (Å²) in [5, 5.41) is 18.2. The van der Waals surface area contributed by atoms with Crippen molar-refractivity contribution in [2.75, 3.05) is 25.5 Å². The number of halogens is 2. The summed E-state index contributed by atoms with van der Waals surface area (Å²) in [4.78, 5) is 12.6. The minimum absolute atomic E-state index is 0.151. The van der Waals surface area contributed by atoms with E-state index in [2.05, 4.69) is 26.3 Å². The fraction of sp³-hybridized carbons (Fsp3) is 0.120. The van der Waals surface area contributed by atoms with E-state index in [1.165, 1.54) is 10.9 Å². The number of carbonyl (C=O) groups excluding carboxylic acids is 1. The number of hydrogen-bond donors (Lipinski definition) is 3. The molecule has 37 heavy (non-hydrogen) atoms. The van der Waals surface area contributed by atoms with Crippen LogP contribution in [0.3, 0.4) is 0 Å². The summed E-state index contributed by atoms with van der Waals surface area (Å²) >= 11 is 17.5. The maximum absolute atomic E-state index is 12.6. The summed E-state index contributed by atoms with van der Waals surface area (Å²) in [5.74, 6) is 1.29. The van der Waals surface area contributed by atoms with Crippen LogP contribution in [0.15, 0.2) is 72.9 Å². The minimum atomic E-state index is -0.374. The first-order valence-electron chi connectivity index (χ1n) is 11.0. The number of ether oxygens (including phenoxy) is 2. The fourth-order valence-electron chi connectivity index (χ4n) is 3.19. The van der Waals surface area contributed by atoms with Gasteiger partial charge >= 0.3 is 0 Å². The number of hydrogen-bond acceptors (Lipinski definition) is 6. The molecule has 4 aromatic rings. The second kappa shape index (κ2) is 12.4. The molecule has 0 aliphatic carbocycles. The van der Waals surface area contributed by atoms with E-state index >= 15 is 0 Å². The molecule has 4 rings (SSSR count). The number of carbonyl (C=O) groups is 1. The van der Waals surface area contributed by atoms with Crippen LogP contribution < -0.4 is 25.4 Å². The Bertz CT molecular complexity index is 1400. The Labute approximate surface area is 228 Å². The average molecular weight is 557 g/mol. The number of aromatic nitrogens is 3. The number of nitrogens with one attached hydrogen (secondary N) is 3. The molecule has 12 heteroatoms. The number of thiocarbonyl (C=S) groups is 1. The van der Waals surface area contributed by atoms with Crippen molar-refractivity contribution >= 4 is 52.1 Å². The standard InChI is InChI=1S/C25H22Cl2N6O3S/c1-35-18-9-7-17(8-10-18)30-25(37)29-13-12-28-24(34)20-15-33(32-31-20)21-4-2-3-5-23(21)36-22-11-6-16(26)14-19(22)27/h2-11,14-15H,12-13H2,1H3,(H,28,34)(H2,29,30,37). The first kappa shape index (κ1) is 26.2. The quantitative estimate of drug-likeness (QED) is 0.193. The monoisotopic (exact) mass is 556 g/mol. The van der Waals surface area contributed by atoms with Gasteiger partial charge in [-0.25, -0.2) is 4.68 Å². The molecule has 190 valence electrons. The highest BCUT2D eigenvalue weighted by molar-refractivity contribution is 7.80. The summed E-state index contributed by atoms with van der Waals surface area (Å²) < 4.78 is 12.6. The molecule has 0 aliphatic heterocycles. The van der Waals surface area contributed by atoms with Gasteiger partial charge in [0, 0.05) is 23.8 Å². The van der Waals surface area contributed by atoms with Gasteiger partial charge in [-0.1, -0.05) is 40.5 Å². The lowest BCUT2D eigenvalue weighted by atomic mass is 10.3. The van der Waals surface area contributed by atoms with E-state index in [4.69, 9.17) is 44.9 Å². The van der Waals surface area contributed by atoms with E-state index in [1.54, 1.807) is 37.4 Å². The molecule has 0 unspecified atom stereocenters. The Morgan fingerprint density at radius 1 is 1.00 bits per heavy atom. The van der Waals surface area contributed by atoms with Crippen LogP contribution >= 0.6 is 35.4 Å². The van der Waals surface area contributed by atoms with Crippen molar-refractivity contribution in [3.63, 3.8) is 0 Å². The molecule has 0 saturated carbocycles. The van der Waals surface area contributed by atoms with Gasteiger partial charge in [-0.3, -0.25) is 4.79 Å². The van der Waals surface area contributed by atoms with Gasteiger partial charge in [-0.05, 0) is 66.8 Å². The molecule has 3 N–H and O–H groups in total. The van der Waals surface area contributed by atoms with Crippen LogP contribution in [0.25, 0.3) is 5.69 Å². The lowest BCUT2D eigenvalue weighted by molar-refractivity contribution is 0.0949. The molecule has 0 radical (unpaired) electrons. The SMILES string of the molecule is COc1ccc(NC(=S)NCCNC(=O)c2cn(-c3ccccc3Oc3ccc(Cl)cc3Cl)nn2)cc1. The van der Waals surface area contributed by atoms with E-state index < -0.39 is 0 Å². The van der Waals surface area contributed by atoms with Gasteiger partial charge in [0.25, 0.3) is 5.91 Å². The summed E-state index contributed by atoms with van der Waals surface area (Å²) in [6.07, 6.45) is 1.52. The van der Waals surface area contributed by atoms with Gasteiger partial charge in [-0.15, -0.1) is 5.10 Å². The van der Waals surface area contributed by atoms with Gasteiger partial charge in [0.05, 0.1) is 18.3 Å². The van der Waals surface area contributed by atoms with Crippen LogP contribution in [0.2, 0.25) is 10.0 Å². The summed E-state index contributed by atoms with van der Waals surface area (Å²) in [6.45, 7) is 0.741. The van der Waals surface area contributed by atoms with Crippen LogP contribution in [0.5, 0.6) is 17.2 Å². The first-order chi connectivity index (χ1) is 17.9. The number of nitrogens with zero attached hydrogens (tertiary/aromatic N) is 3. The Balaban J connectivity index is 1.30. The van der Waals surface area contributed by atoms with Crippen molar-refractivity contribution in [3.05, 3.63) is 88.7 Å². The number of para-hydroxylation sites is 2. The van der Waals surface area contributed by atoms with Crippen LogP contribution in [0, 0.1) is 0 Å². The predicted octanol–water partition coefficient (Wildman–Crippen LogP) is 5.09. The predicted molar refractivity (Wildman–Crippen MR) is 147 cm³/mol. The lowest BCUT2D eigenvalue weighted by Crippen LogP contribution is -2.36. The third-order valence-electron chi connectivity index (χ3n) is 5.00. The third kappa shape index (κ3) is 7.10. The fourth-order valence-corrected chi connectivity index (χ4v) is 3.85. The maximum atomic E-state index is 12.6. The largest absolute Gasteiger partial charge is 0.497 e. The summed E-state index contributed by atoms with van der Waals surface area (Å²) in [5.41, 5.74) is 1.55. The van der Waals surface area contributed by atoms with Crippen molar-refractivity contribution in [2.24, 2.45) is 0 Å². The number of anilines is 1. The molecular formula is C25H22Cl2N6O3S. The van der Waals surface area contributed by atoms with E-state index in [1.807, 2.05) is 36.4 Å². The third-order valence-corrected chi connectivity index (χ3v) is 5.77. The highest BCUT2D eigenvalue weighted by Gasteiger charge is 2.15. The van der Waals surface area contributed by atoms with Crippen LogP contribution in [-0.2, 0) is 0 Å². The molecule has 0 fully saturated rings. The molecule has 0 aliphatic rings. The Kier molecular flexibility index (Phi) is 8.78. The zero-order valence-corrected chi connectivity index (χ0v) is 21.9. The summed E-state index contributed by atoms with van der Waals surface area (Å²) in [6, 6.07) is 19.5. The lowest BCUT2D eigenvalue weighted by Gasteiger charge is -2.12. The molecule has 1 heterocycles. The normalized spacial score (nSPS) is 10.5. The number of benzene rings is 3. The van der Waals surface area contributed by atoms with Crippen molar-refractivity contribution in [2.45, 2.75) is 0 Å². The molecule has 1 amide bonds. The van der Waals surface area contributed by atoms with E-state index in [-0.39, 0.29) is 11.6 Å². The Hall–Kier alpha value is -3.86. The average Bonchev–Trinajstić information content (AvgIpc) is 3.39. The van der Waals surface area contributed by atoms with Crippen LogP contribution in [-0.4, -0.2) is 46.2 Å². The molecule has 0 bridgehead atoms. The molecule has 9 nitrogen and oxygen atoms in total. The molecule has 0 spiro atoms. The van der Waals surface area contributed by atoms with Gasteiger partial charge in [0.15, 0.2) is 16.6 Å². The first-order valence-corrected chi connectivity index (χ1v) is 12.2. The van der Waals surface area contributed by atoms with Gasteiger partial charge in [-0.2, -0.15) is 0 Å². The van der Waals surface area contributed by atoms with Gasteiger partial charge in [0.1, 0.15) is 17.2 Å². The number of rotatable bonds is 9. The Morgan fingerprint density at radius 2 is 1.76 bits per heavy atom. The van der Waals surface area contributed by atoms with Crippen LogP contribution in [0.1, 0.15) is 10.5 Å².